The lowest BCUT2D eigenvalue weighted by Crippen LogP contribution is -2.04. The monoisotopic (exact) mass is 236 g/mol. The zero-order valence-electron chi connectivity index (χ0n) is 9.04. The van der Waals surface area contributed by atoms with Crippen molar-refractivity contribution in [3.8, 4) is 0 Å². The largest absolute Gasteiger partial charge is 0.416 e. The minimum absolute atomic E-state index is 0.00259. The summed E-state index contributed by atoms with van der Waals surface area (Å²) >= 11 is 1.34. The van der Waals surface area contributed by atoms with Gasteiger partial charge in [0, 0.05) is 19.2 Å². The van der Waals surface area contributed by atoms with Gasteiger partial charge in [-0.15, -0.1) is 10.2 Å². The van der Waals surface area contributed by atoms with E-state index in [9.17, 15) is 0 Å². The summed E-state index contributed by atoms with van der Waals surface area (Å²) in [7, 11) is 0. The van der Waals surface area contributed by atoms with Gasteiger partial charge in [-0.25, -0.2) is 4.98 Å². The fraction of sp³-hybridized carbons (Fsp3) is 0.300. The van der Waals surface area contributed by atoms with Crippen molar-refractivity contribution < 1.29 is 4.42 Å². The molecule has 2 N–H and O–H groups in total. The Labute approximate surface area is 97.5 Å². The molecule has 0 aliphatic carbocycles. The van der Waals surface area contributed by atoms with E-state index < -0.39 is 0 Å². The molecule has 2 heterocycles. The van der Waals surface area contributed by atoms with Gasteiger partial charge in [0.1, 0.15) is 5.03 Å². The Morgan fingerprint density at radius 2 is 2.19 bits per heavy atom. The lowest BCUT2D eigenvalue weighted by atomic mass is 10.2. The van der Waals surface area contributed by atoms with E-state index in [1.54, 1.807) is 13.1 Å². The fourth-order valence-corrected chi connectivity index (χ4v) is 1.79. The van der Waals surface area contributed by atoms with Crippen molar-refractivity contribution in [3.63, 3.8) is 0 Å². The van der Waals surface area contributed by atoms with E-state index in [1.165, 1.54) is 11.8 Å². The van der Waals surface area contributed by atoms with Crippen molar-refractivity contribution in [2.24, 2.45) is 5.73 Å². The third-order valence-corrected chi connectivity index (χ3v) is 2.77. The molecule has 16 heavy (non-hydrogen) atoms. The van der Waals surface area contributed by atoms with Crippen LogP contribution >= 0.6 is 11.8 Å². The number of hydrogen-bond donors (Lipinski definition) is 1. The average Bonchev–Trinajstić information content (AvgIpc) is 2.65. The van der Waals surface area contributed by atoms with E-state index in [1.807, 2.05) is 19.1 Å². The number of nitrogens with two attached hydrogens (primary N) is 1. The molecule has 84 valence electrons. The topological polar surface area (TPSA) is 77.8 Å². The molecule has 0 radical (unpaired) electrons. The van der Waals surface area contributed by atoms with Gasteiger partial charge in [0.2, 0.25) is 5.89 Å². The zero-order chi connectivity index (χ0) is 11.5. The van der Waals surface area contributed by atoms with E-state index in [0.29, 0.717) is 11.1 Å². The van der Waals surface area contributed by atoms with Gasteiger partial charge in [0.25, 0.3) is 5.22 Å². The lowest BCUT2D eigenvalue weighted by molar-refractivity contribution is 0.429. The lowest BCUT2D eigenvalue weighted by Gasteiger charge is -2.04. The highest BCUT2D eigenvalue weighted by Crippen LogP contribution is 2.24. The number of aryl methyl sites for hydroxylation is 1. The van der Waals surface area contributed by atoms with Crippen molar-refractivity contribution in [1.82, 2.24) is 15.2 Å². The van der Waals surface area contributed by atoms with Crippen LogP contribution in [0.1, 0.15) is 24.4 Å². The molecule has 0 bridgehead atoms. The SMILES string of the molecule is Cc1nnc(Sc2ccc([C@H](C)N)cn2)o1. The van der Waals surface area contributed by atoms with Gasteiger partial charge in [-0.05, 0) is 30.3 Å². The molecule has 0 aliphatic rings. The average molecular weight is 236 g/mol. The van der Waals surface area contributed by atoms with Crippen LogP contribution in [0, 0.1) is 6.92 Å². The first kappa shape index (κ1) is 11.1. The molecule has 6 heteroatoms. The van der Waals surface area contributed by atoms with E-state index in [2.05, 4.69) is 15.2 Å². The molecule has 2 aromatic rings. The Hall–Kier alpha value is -1.40. The molecule has 0 aliphatic heterocycles. The van der Waals surface area contributed by atoms with Crippen molar-refractivity contribution in [2.75, 3.05) is 0 Å². The highest BCUT2D eigenvalue weighted by Gasteiger charge is 2.06. The molecule has 0 fully saturated rings. The summed E-state index contributed by atoms with van der Waals surface area (Å²) in [5.41, 5.74) is 6.74. The number of hydrogen-bond acceptors (Lipinski definition) is 6. The van der Waals surface area contributed by atoms with Gasteiger partial charge < -0.3 is 10.2 Å². The first-order valence-corrected chi connectivity index (χ1v) is 5.66. The third-order valence-electron chi connectivity index (χ3n) is 1.98. The van der Waals surface area contributed by atoms with Crippen LogP contribution in [0.4, 0.5) is 0 Å². The fourth-order valence-electron chi connectivity index (χ4n) is 1.13. The standard InChI is InChI=1S/C10H12N4OS/c1-6(11)8-3-4-9(12-5-8)16-10-14-13-7(2)15-10/h3-6H,11H2,1-2H3/t6-/m0/s1. The zero-order valence-corrected chi connectivity index (χ0v) is 9.86. The predicted molar refractivity (Wildman–Crippen MR) is 60.0 cm³/mol. The van der Waals surface area contributed by atoms with E-state index in [4.69, 9.17) is 10.2 Å². The van der Waals surface area contributed by atoms with Crippen LogP contribution in [0.2, 0.25) is 0 Å². The van der Waals surface area contributed by atoms with Crippen LogP contribution in [-0.4, -0.2) is 15.2 Å². The summed E-state index contributed by atoms with van der Waals surface area (Å²) < 4.78 is 5.24. The van der Waals surface area contributed by atoms with E-state index >= 15 is 0 Å². The number of rotatable bonds is 3. The molecule has 0 amide bonds. The molecular formula is C10H12N4OS. The molecule has 0 spiro atoms. The summed E-state index contributed by atoms with van der Waals surface area (Å²) in [6, 6.07) is 3.84. The minimum atomic E-state index is -0.00259. The quantitative estimate of drug-likeness (QED) is 0.877. The normalized spacial score (nSPS) is 12.7. The second kappa shape index (κ2) is 4.63. The Bertz CT molecular complexity index is 466. The van der Waals surface area contributed by atoms with E-state index in [0.717, 1.165) is 10.6 Å². The molecular weight excluding hydrogens is 224 g/mol. The van der Waals surface area contributed by atoms with Crippen LogP contribution in [0.3, 0.4) is 0 Å². The second-order valence-corrected chi connectivity index (χ2v) is 4.38. The number of nitrogens with zero attached hydrogens (tertiary/aromatic N) is 3. The highest BCUT2D eigenvalue weighted by atomic mass is 32.2. The van der Waals surface area contributed by atoms with Crippen molar-refractivity contribution in [3.05, 3.63) is 29.8 Å². The summed E-state index contributed by atoms with van der Waals surface area (Å²) in [5, 5.41) is 8.94. The van der Waals surface area contributed by atoms with Crippen LogP contribution in [0.25, 0.3) is 0 Å². The molecule has 0 aromatic carbocycles. The smallest absolute Gasteiger partial charge is 0.282 e. The predicted octanol–water partition coefficient (Wildman–Crippen LogP) is 1.94. The first-order chi connectivity index (χ1) is 7.65. The van der Waals surface area contributed by atoms with Crippen molar-refractivity contribution in [2.45, 2.75) is 30.1 Å². The summed E-state index contributed by atoms with van der Waals surface area (Å²) in [5.74, 6) is 0.551. The highest BCUT2D eigenvalue weighted by molar-refractivity contribution is 7.99. The van der Waals surface area contributed by atoms with Crippen molar-refractivity contribution >= 4 is 11.8 Å². The molecule has 0 unspecified atom stereocenters. The maximum absolute atomic E-state index is 5.73. The summed E-state index contributed by atoms with van der Waals surface area (Å²) in [6.07, 6.45) is 1.76. The van der Waals surface area contributed by atoms with Gasteiger partial charge in [0.05, 0.1) is 0 Å². The molecule has 0 saturated carbocycles. The minimum Gasteiger partial charge on any atom is -0.416 e. The van der Waals surface area contributed by atoms with Crippen molar-refractivity contribution in [1.29, 1.82) is 0 Å². The van der Waals surface area contributed by atoms with Gasteiger partial charge in [-0.2, -0.15) is 0 Å². The van der Waals surface area contributed by atoms with Gasteiger partial charge in [-0.3, -0.25) is 0 Å². The Kier molecular flexibility index (Phi) is 3.21. The van der Waals surface area contributed by atoms with Gasteiger partial charge >= 0.3 is 0 Å². The Balaban J connectivity index is 2.11. The summed E-state index contributed by atoms with van der Waals surface area (Å²) in [6.45, 7) is 3.68. The molecule has 2 aromatic heterocycles. The van der Waals surface area contributed by atoms with Crippen LogP contribution < -0.4 is 5.73 Å². The van der Waals surface area contributed by atoms with Crippen LogP contribution in [0.15, 0.2) is 33.0 Å². The second-order valence-electron chi connectivity index (χ2n) is 3.41. The van der Waals surface area contributed by atoms with Crippen LogP contribution in [-0.2, 0) is 0 Å². The van der Waals surface area contributed by atoms with Gasteiger partial charge in [0.15, 0.2) is 0 Å². The first-order valence-electron chi connectivity index (χ1n) is 4.84. The Morgan fingerprint density at radius 1 is 1.38 bits per heavy atom. The molecule has 0 saturated heterocycles. The maximum atomic E-state index is 5.73. The molecule has 5 nitrogen and oxygen atoms in total. The number of pyridine rings is 1. The third kappa shape index (κ3) is 2.59. The summed E-state index contributed by atoms with van der Waals surface area (Å²) in [4.78, 5) is 4.26. The van der Waals surface area contributed by atoms with Gasteiger partial charge in [-0.1, -0.05) is 6.07 Å². The van der Waals surface area contributed by atoms with E-state index in [-0.39, 0.29) is 6.04 Å². The van der Waals surface area contributed by atoms with Crippen LogP contribution in [0.5, 0.6) is 0 Å². The maximum Gasteiger partial charge on any atom is 0.282 e. The Morgan fingerprint density at radius 3 is 2.69 bits per heavy atom. The molecule has 1 atom stereocenters. The number of aromatic nitrogens is 3. The molecule has 2 rings (SSSR count).